The van der Waals surface area contributed by atoms with Gasteiger partial charge in [0.05, 0.1) is 18.6 Å². The third kappa shape index (κ3) is 7.43. The minimum atomic E-state index is -0.290. The van der Waals surface area contributed by atoms with Gasteiger partial charge in [0.2, 0.25) is 0 Å². The maximum atomic E-state index is 6.07. The van der Waals surface area contributed by atoms with E-state index in [1.54, 1.807) is 0 Å². The summed E-state index contributed by atoms with van der Waals surface area (Å²) in [7, 11) is 0. The van der Waals surface area contributed by atoms with E-state index in [0.717, 1.165) is 45.6 Å². The summed E-state index contributed by atoms with van der Waals surface area (Å²) in [6.45, 7) is 5.55. The molecule has 31 heavy (non-hydrogen) atoms. The molecule has 0 aliphatic rings. The second-order valence-corrected chi connectivity index (χ2v) is 14.3. The summed E-state index contributed by atoms with van der Waals surface area (Å²) in [6.07, 6.45) is 0. The zero-order chi connectivity index (χ0) is 23.3. The van der Waals surface area contributed by atoms with Crippen LogP contribution in [0.25, 0.3) is 0 Å². The molecule has 2 nitrogen and oxygen atoms in total. The Morgan fingerprint density at radius 1 is 0.742 bits per heavy atom. The third-order valence-corrected chi connectivity index (χ3v) is 13.2. The maximum absolute atomic E-state index is 6.07. The number of alkyl halides is 4. The van der Waals surface area contributed by atoms with Gasteiger partial charge >= 0.3 is 0 Å². The van der Waals surface area contributed by atoms with Crippen molar-refractivity contribution in [3.63, 3.8) is 0 Å². The fraction of sp³-hybridized carbons (Fsp3) is 0.429. The van der Waals surface area contributed by atoms with Gasteiger partial charge in [0.1, 0.15) is 24.7 Å². The maximum Gasteiger partial charge on any atom is 0.150 e. The lowest BCUT2D eigenvalue weighted by atomic mass is 9.78. The summed E-state index contributed by atoms with van der Waals surface area (Å²) in [6, 6.07) is 8.27. The largest absolute Gasteiger partial charge is 0.492 e. The molecule has 0 radical (unpaired) electrons. The molecule has 0 heterocycles. The lowest BCUT2D eigenvalue weighted by molar-refractivity contribution is 0.320. The van der Waals surface area contributed by atoms with Gasteiger partial charge in [-0.2, -0.15) is 0 Å². The van der Waals surface area contributed by atoms with Crippen LogP contribution in [0.15, 0.2) is 42.2 Å². The van der Waals surface area contributed by atoms with Crippen molar-refractivity contribution in [3.05, 3.63) is 53.3 Å². The third-order valence-electron chi connectivity index (χ3n) is 4.60. The van der Waals surface area contributed by atoms with Crippen LogP contribution in [-0.4, -0.2) is 33.5 Å². The van der Waals surface area contributed by atoms with Crippen LogP contribution >= 0.6 is 127 Å². The van der Waals surface area contributed by atoms with Gasteiger partial charge in [0.25, 0.3) is 0 Å². The number of ether oxygens (including phenoxy) is 2. The lowest BCUT2D eigenvalue weighted by Crippen LogP contribution is -2.21. The van der Waals surface area contributed by atoms with Gasteiger partial charge in [-0.15, -0.1) is 0 Å². The highest BCUT2D eigenvalue weighted by Gasteiger charge is 2.32. The van der Waals surface area contributed by atoms with Crippen molar-refractivity contribution < 1.29 is 9.47 Å². The Balaban J connectivity index is 2.38. The summed E-state index contributed by atoms with van der Waals surface area (Å²) in [4.78, 5) is 0.496. The summed E-state index contributed by atoms with van der Waals surface area (Å²) < 4.78 is 15.6. The van der Waals surface area contributed by atoms with E-state index in [0.29, 0.717) is 13.2 Å². The Bertz CT molecular complexity index is 857. The van der Waals surface area contributed by atoms with Crippen molar-refractivity contribution in [2.24, 2.45) is 0 Å². The molecule has 0 fully saturated rings. The molecule has 0 aromatic heterocycles. The molecular formula is C21H20Br8O2. The van der Waals surface area contributed by atoms with E-state index in [9.17, 15) is 0 Å². The second-order valence-electron chi connectivity index (χ2n) is 7.23. The quantitative estimate of drug-likeness (QED) is 0.175. The number of halogens is 8. The first-order valence-corrected chi connectivity index (χ1v) is 16.4. The van der Waals surface area contributed by atoms with Crippen molar-refractivity contribution in [1.82, 2.24) is 0 Å². The van der Waals surface area contributed by atoms with Crippen molar-refractivity contribution >= 4 is 127 Å². The van der Waals surface area contributed by atoms with E-state index in [1.165, 1.54) is 5.56 Å². The fourth-order valence-electron chi connectivity index (χ4n) is 2.85. The Labute approximate surface area is 251 Å². The van der Waals surface area contributed by atoms with Crippen LogP contribution in [0.3, 0.4) is 0 Å². The van der Waals surface area contributed by atoms with Crippen LogP contribution in [0, 0.1) is 0 Å². The first kappa shape index (κ1) is 29.1. The molecule has 2 atom stereocenters. The molecule has 0 aliphatic carbocycles. The van der Waals surface area contributed by atoms with Crippen LogP contribution in [0.5, 0.6) is 11.5 Å². The van der Waals surface area contributed by atoms with Crippen LogP contribution in [-0.2, 0) is 5.41 Å². The van der Waals surface area contributed by atoms with Gasteiger partial charge in [0.15, 0.2) is 0 Å². The van der Waals surface area contributed by atoms with Gasteiger partial charge in [0, 0.05) is 25.0 Å². The summed E-state index contributed by atoms with van der Waals surface area (Å²) >= 11 is 29.1. The summed E-state index contributed by atoms with van der Waals surface area (Å²) in [5.74, 6) is 1.61. The molecule has 0 saturated carbocycles. The smallest absolute Gasteiger partial charge is 0.150 e. The van der Waals surface area contributed by atoms with E-state index in [4.69, 9.17) is 9.47 Å². The molecule has 0 spiro atoms. The van der Waals surface area contributed by atoms with Crippen molar-refractivity contribution in [3.8, 4) is 11.5 Å². The van der Waals surface area contributed by atoms with Gasteiger partial charge in [-0.25, -0.2) is 0 Å². The van der Waals surface area contributed by atoms with Gasteiger partial charge in [-0.1, -0.05) is 89.7 Å². The summed E-state index contributed by atoms with van der Waals surface area (Å²) in [5, 5.41) is 1.65. The highest BCUT2D eigenvalue weighted by Crippen LogP contribution is 2.51. The molecule has 2 unspecified atom stereocenters. The van der Waals surface area contributed by atoms with Gasteiger partial charge < -0.3 is 9.47 Å². The van der Waals surface area contributed by atoms with Crippen molar-refractivity contribution in [2.75, 3.05) is 23.9 Å². The standard InChI is InChI=1S/C21H20Br8O2/c1-21(2,11-3-5-14(6-4-11)30-9-12(24)7-22)15-16(26)18(28)20(19(29)17(15)27)31-10-13(25)8-23/h3-6,12-13H,7-10H2,1-2H3. The lowest BCUT2D eigenvalue weighted by Gasteiger charge is -2.30. The molecule has 0 amide bonds. The van der Waals surface area contributed by atoms with Crippen LogP contribution < -0.4 is 9.47 Å². The first-order valence-electron chi connectivity index (χ1n) is 9.17. The van der Waals surface area contributed by atoms with Gasteiger partial charge in [-0.3, -0.25) is 0 Å². The van der Waals surface area contributed by atoms with E-state index in [1.807, 2.05) is 12.1 Å². The molecule has 172 valence electrons. The van der Waals surface area contributed by atoms with E-state index in [-0.39, 0.29) is 15.1 Å². The molecule has 0 N–H and O–H groups in total. The Morgan fingerprint density at radius 2 is 1.19 bits per heavy atom. The molecule has 2 aromatic carbocycles. The zero-order valence-corrected chi connectivity index (χ0v) is 29.3. The van der Waals surface area contributed by atoms with Crippen LogP contribution in [0.4, 0.5) is 0 Å². The van der Waals surface area contributed by atoms with Crippen LogP contribution in [0.2, 0.25) is 0 Å². The van der Waals surface area contributed by atoms with E-state index >= 15 is 0 Å². The number of rotatable bonds is 10. The van der Waals surface area contributed by atoms with Crippen LogP contribution in [0.1, 0.15) is 25.0 Å². The van der Waals surface area contributed by atoms with Crippen molar-refractivity contribution in [2.45, 2.75) is 28.9 Å². The van der Waals surface area contributed by atoms with E-state index < -0.39 is 0 Å². The average molecular weight is 944 g/mol. The predicted octanol–water partition coefficient (Wildman–Crippen LogP) is 10.1. The molecule has 0 aliphatic heterocycles. The second kappa shape index (κ2) is 13.3. The Kier molecular flexibility index (Phi) is 12.5. The van der Waals surface area contributed by atoms with Crippen molar-refractivity contribution in [1.29, 1.82) is 0 Å². The number of benzene rings is 2. The Hall–Kier alpha value is 1.88. The molecule has 0 bridgehead atoms. The first-order chi connectivity index (χ1) is 14.5. The molecule has 10 heteroatoms. The fourth-order valence-corrected chi connectivity index (χ4v) is 6.79. The highest BCUT2D eigenvalue weighted by atomic mass is 79.9. The molecule has 2 aromatic rings. The minimum absolute atomic E-state index is 0.218. The highest BCUT2D eigenvalue weighted by molar-refractivity contribution is 9.14. The summed E-state index contributed by atoms with van der Waals surface area (Å²) in [5.41, 5.74) is 1.99. The van der Waals surface area contributed by atoms with E-state index in [2.05, 4.69) is 153 Å². The SMILES string of the molecule is CC(C)(c1ccc(OCC(Br)CBr)cc1)c1c(Br)c(Br)c(OCC(Br)CBr)c(Br)c1Br. The predicted molar refractivity (Wildman–Crippen MR) is 160 cm³/mol. The normalized spacial score (nSPS) is 13.7. The number of hydrogen-bond donors (Lipinski definition) is 0. The molecule has 0 saturated heterocycles. The average Bonchev–Trinajstić information content (AvgIpc) is 2.76. The molecular weight excluding hydrogens is 923 g/mol. The Morgan fingerprint density at radius 3 is 1.65 bits per heavy atom. The topological polar surface area (TPSA) is 18.5 Å². The monoisotopic (exact) mass is 935 g/mol. The van der Waals surface area contributed by atoms with Gasteiger partial charge in [-0.05, 0) is 87.0 Å². The number of hydrogen-bond acceptors (Lipinski definition) is 2. The minimum Gasteiger partial charge on any atom is -0.492 e. The zero-order valence-electron chi connectivity index (χ0n) is 16.6. The molecule has 2 rings (SSSR count).